The molecule has 0 atom stereocenters. The van der Waals surface area contributed by atoms with Gasteiger partial charge >= 0.3 is 0 Å². The molecule has 0 saturated heterocycles. The normalized spacial score (nSPS) is 10.9. The van der Waals surface area contributed by atoms with Crippen LogP contribution >= 0.6 is 0 Å². The molecule has 0 spiro atoms. The van der Waals surface area contributed by atoms with Gasteiger partial charge in [-0.15, -0.1) is 0 Å². The predicted octanol–water partition coefficient (Wildman–Crippen LogP) is 4.23. The summed E-state index contributed by atoms with van der Waals surface area (Å²) >= 11 is 0. The van der Waals surface area contributed by atoms with Crippen molar-refractivity contribution in [1.82, 2.24) is 14.8 Å². The van der Waals surface area contributed by atoms with E-state index in [0.29, 0.717) is 19.5 Å². The van der Waals surface area contributed by atoms with Gasteiger partial charge in [0.1, 0.15) is 5.82 Å². The summed E-state index contributed by atoms with van der Waals surface area (Å²) < 4.78 is 13.4. The summed E-state index contributed by atoms with van der Waals surface area (Å²) in [6.45, 7) is 5.20. The van der Waals surface area contributed by atoms with E-state index in [0.717, 1.165) is 27.7 Å². The smallest absolute Gasteiger partial charge is 0.242 e. The number of hydrogen-bond acceptors (Lipinski definition) is 2. The number of amides is 2. The lowest BCUT2D eigenvalue weighted by Gasteiger charge is -2.23. The molecular weight excluding hydrogens is 381 g/mol. The third-order valence-electron chi connectivity index (χ3n) is 5.45. The number of benzene rings is 2. The molecule has 5 nitrogen and oxygen atoms in total. The maximum atomic E-state index is 13.4. The predicted molar refractivity (Wildman–Crippen MR) is 118 cm³/mol. The van der Waals surface area contributed by atoms with Gasteiger partial charge in [0.25, 0.3) is 0 Å². The average molecular weight is 410 g/mol. The number of carbonyl (C=O) groups is 2. The van der Waals surface area contributed by atoms with Gasteiger partial charge in [0, 0.05) is 43.2 Å². The number of aromatic amines is 1. The number of hydrogen-bond donors (Lipinski definition) is 1. The number of rotatable bonds is 8. The number of H-pyrrole nitrogens is 1. The lowest BCUT2D eigenvalue weighted by Crippen LogP contribution is -2.41. The number of carbonyl (C=O) groups excluding carboxylic acids is 2. The van der Waals surface area contributed by atoms with Crippen molar-refractivity contribution in [2.45, 2.75) is 26.7 Å². The number of para-hydroxylation sites is 1. The molecule has 0 bridgehead atoms. The van der Waals surface area contributed by atoms with Crippen molar-refractivity contribution in [2.75, 3.05) is 26.7 Å². The molecule has 2 aromatic carbocycles. The fourth-order valence-electron chi connectivity index (χ4n) is 3.71. The van der Waals surface area contributed by atoms with Crippen molar-refractivity contribution in [3.63, 3.8) is 0 Å². The Kier molecular flexibility index (Phi) is 6.87. The molecular formula is C24H28FN3O2. The van der Waals surface area contributed by atoms with Crippen LogP contribution in [0.1, 0.15) is 25.8 Å². The minimum Gasteiger partial charge on any atom is -0.354 e. The number of nitrogens with zero attached hydrogens (tertiary/aromatic N) is 2. The van der Waals surface area contributed by atoms with E-state index in [1.54, 1.807) is 24.1 Å². The molecule has 3 aromatic rings. The zero-order chi connectivity index (χ0) is 21.7. The van der Waals surface area contributed by atoms with Crippen molar-refractivity contribution in [2.24, 2.45) is 0 Å². The fourth-order valence-corrected chi connectivity index (χ4v) is 3.71. The minimum atomic E-state index is -0.286. The molecule has 1 heterocycles. The second-order valence-electron chi connectivity index (χ2n) is 7.35. The zero-order valence-electron chi connectivity index (χ0n) is 17.7. The molecule has 0 aliphatic carbocycles. The highest BCUT2D eigenvalue weighted by Crippen LogP contribution is 2.31. The Balaban J connectivity index is 1.78. The van der Waals surface area contributed by atoms with Crippen molar-refractivity contribution >= 4 is 22.7 Å². The maximum Gasteiger partial charge on any atom is 0.242 e. The van der Waals surface area contributed by atoms with Gasteiger partial charge in [-0.1, -0.05) is 18.2 Å². The zero-order valence-corrected chi connectivity index (χ0v) is 17.7. The second-order valence-corrected chi connectivity index (χ2v) is 7.35. The number of likely N-dealkylation sites (N-methyl/N-ethyl adjacent to an activating group) is 2. The third kappa shape index (κ3) is 4.70. The van der Waals surface area contributed by atoms with Gasteiger partial charge in [-0.05, 0) is 61.7 Å². The van der Waals surface area contributed by atoms with Crippen LogP contribution in [-0.4, -0.2) is 53.3 Å². The summed E-state index contributed by atoms with van der Waals surface area (Å²) in [4.78, 5) is 31.6. The Labute approximate surface area is 176 Å². The van der Waals surface area contributed by atoms with E-state index in [1.165, 1.54) is 17.0 Å². The Morgan fingerprint density at radius 3 is 2.30 bits per heavy atom. The monoisotopic (exact) mass is 409 g/mol. The summed E-state index contributed by atoms with van der Waals surface area (Å²) in [6.07, 6.45) is 0.817. The van der Waals surface area contributed by atoms with E-state index in [9.17, 15) is 14.0 Å². The van der Waals surface area contributed by atoms with Gasteiger partial charge in [0.2, 0.25) is 11.8 Å². The van der Waals surface area contributed by atoms with Gasteiger partial charge in [-0.3, -0.25) is 9.59 Å². The molecule has 0 aliphatic heterocycles. The maximum absolute atomic E-state index is 13.4. The average Bonchev–Trinajstić information content (AvgIpc) is 3.12. The fraction of sp³-hybridized carbons (Fsp3) is 0.333. The molecule has 30 heavy (non-hydrogen) atoms. The van der Waals surface area contributed by atoms with Gasteiger partial charge in [-0.2, -0.15) is 0 Å². The Hall–Kier alpha value is -3.15. The van der Waals surface area contributed by atoms with E-state index in [4.69, 9.17) is 0 Å². The molecule has 0 radical (unpaired) electrons. The van der Waals surface area contributed by atoms with E-state index >= 15 is 0 Å². The highest BCUT2D eigenvalue weighted by atomic mass is 19.1. The number of nitrogens with one attached hydrogen (secondary N) is 1. The van der Waals surface area contributed by atoms with Gasteiger partial charge < -0.3 is 14.8 Å². The standard InChI is InChI=1S/C24H28FN3O2/c1-4-28(5-2)23(30)16-27(3)22(29)15-14-20-19-8-6-7-9-21(19)26-24(20)17-10-12-18(25)13-11-17/h6-13,26H,4-5,14-16H2,1-3H3. The van der Waals surface area contributed by atoms with Crippen LogP contribution in [0.25, 0.3) is 22.2 Å². The quantitative estimate of drug-likeness (QED) is 0.605. The first-order valence-corrected chi connectivity index (χ1v) is 10.3. The lowest BCUT2D eigenvalue weighted by atomic mass is 10.0. The minimum absolute atomic E-state index is 0.0463. The summed E-state index contributed by atoms with van der Waals surface area (Å²) in [7, 11) is 1.67. The van der Waals surface area contributed by atoms with E-state index < -0.39 is 0 Å². The van der Waals surface area contributed by atoms with Crippen LogP contribution < -0.4 is 0 Å². The topological polar surface area (TPSA) is 56.4 Å². The third-order valence-corrected chi connectivity index (χ3v) is 5.45. The van der Waals surface area contributed by atoms with E-state index in [1.807, 2.05) is 38.1 Å². The summed E-state index contributed by atoms with van der Waals surface area (Å²) in [6, 6.07) is 14.3. The van der Waals surface area contributed by atoms with Crippen LogP contribution in [0.4, 0.5) is 4.39 Å². The van der Waals surface area contributed by atoms with Crippen LogP contribution in [0.2, 0.25) is 0 Å². The van der Waals surface area contributed by atoms with Gasteiger partial charge in [-0.25, -0.2) is 4.39 Å². The van der Waals surface area contributed by atoms with Crippen LogP contribution in [0.15, 0.2) is 48.5 Å². The van der Waals surface area contributed by atoms with Crippen molar-refractivity contribution in [3.05, 3.63) is 59.9 Å². The first-order valence-electron chi connectivity index (χ1n) is 10.3. The summed E-state index contributed by atoms with van der Waals surface area (Å²) in [5.41, 5.74) is 3.77. The highest BCUT2D eigenvalue weighted by Gasteiger charge is 2.19. The Morgan fingerprint density at radius 1 is 0.967 bits per heavy atom. The number of halogens is 1. The van der Waals surface area contributed by atoms with E-state index in [-0.39, 0.29) is 30.6 Å². The van der Waals surface area contributed by atoms with Crippen molar-refractivity contribution in [3.8, 4) is 11.3 Å². The van der Waals surface area contributed by atoms with Crippen LogP contribution in [-0.2, 0) is 16.0 Å². The SMILES string of the molecule is CCN(CC)C(=O)CN(C)C(=O)CCc1c(-c2ccc(F)cc2)[nH]c2ccccc12. The molecule has 1 N–H and O–H groups in total. The van der Waals surface area contributed by atoms with Crippen molar-refractivity contribution < 1.29 is 14.0 Å². The second kappa shape index (κ2) is 9.57. The number of aryl methyl sites for hydroxylation is 1. The highest BCUT2D eigenvalue weighted by molar-refractivity contribution is 5.91. The molecule has 0 unspecified atom stereocenters. The lowest BCUT2D eigenvalue weighted by molar-refractivity contribution is -0.139. The van der Waals surface area contributed by atoms with Gasteiger partial charge in [0.15, 0.2) is 0 Å². The van der Waals surface area contributed by atoms with Crippen LogP contribution in [0.3, 0.4) is 0 Å². The largest absolute Gasteiger partial charge is 0.354 e. The Morgan fingerprint density at radius 2 is 1.63 bits per heavy atom. The first-order chi connectivity index (χ1) is 14.4. The molecule has 3 rings (SSSR count). The molecule has 158 valence electrons. The molecule has 1 aromatic heterocycles. The Bertz CT molecular complexity index is 1020. The molecule has 0 saturated carbocycles. The molecule has 2 amide bonds. The van der Waals surface area contributed by atoms with Crippen LogP contribution in [0.5, 0.6) is 0 Å². The van der Waals surface area contributed by atoms with Crippen molar-refractivity contribution in [1.29, 1.82) is 0 Å². The molecule has 6 heteroatoms. The molecule has 0 aliphatic rings. The summed E-state index contributed by atoms with van der Waals surface area (Å²) in [5, 5.41) is 1.05. The first kappa shape index (κ1) is 21.6. The van der Waals surface area contributed by atoms with E-state index in [2.05, 4.69) is 4.98 Å². The van der Waals surface area contributed by atoms with Crippen LogP contribution in [0, 0.1) is 5.82 Å². The van der Waals surface area contributed by atoms with Gasteiger partial charge in [0.05, 0.1) is 6.54 Å². The molecule has 0 fully saturated rings. The summed E-state index contributed by atoms with van der Waals surface area (Å²) in [5.74, 6) is -0.410. The number of fused-ring (bicyclic) bond motifs is 1. The number of aromatic nitrogens is 1.